The van der Waals surface area contributed by atoms with E-state index in [9.17, 15) is 0 Å². The summed E-state index contributed by atoms with van der Waals surface area (Å²) in [6.45, 7) is 0.644. The van der Waals surface area contributed by atoms with Crippen LogP contribution < -0.4 is 11.5 Å². The molecule has 0 fully saturated rings. The topological polar surface area (TPSA) is 52.0 Å². The third-order valence-corrected chi connectivity index (χ3v) is 2.77. The van der Waals surface area contributed by atoms with E-state index in [0.717, 1.165) is 6.42 Å². The minimum absolute atomic E-state index is 0.0842. The third kappa shape index (κ3) is 3.03. The van der Waals surface area contributed by atoms with Gasteiger partial charge in [0.1, 0.15) is 0 Å². The zero-order chi connectivity index (χ0) is 9.68. The molecule has 1 aromatic carbocycles. The van der Waals surface area contributed by atoms with E-state index in [1.54, 1.807) is 11.8 Å². The maximum atomic E-state index is 5.91. The van der Waals surface area contributed by atoms with E-state index in [1.165, 1.54) is 10.5 Å². The smallest absolute Gasteiger partial charge is 0.0306 e. The molecule has 4 N–H and O–H groups in total. The summed E-state index contributed by atoms with van der Waals surface area (Å²) in [4.78, 5) is 1.27. The third-order valence-electron chi connectivity index (χ3n) is 2.02. The van der Waals surface area contributed by atoms with Crippen LogP contribution in [0.15, 0.2) is 29.2 Å². The van der Waals surface area contributed by atoms with Crippen LogP contribution in [-0.2, 0) is 0 Å². The second-order valence-corrected chi connectivity index (χ2v) is 3.84. The largest absolute Gasteiger partial charge is 0.330 e. The molecule has 1 aromatic rings. The van der Waals surface area contributed by atoms with Gasteiger partial charge in [0, 0.05) is 10.9 Å². The molecule has 2 nitrogen and oxygen atoms in total. The van der Waals surface area contributed by atoms with Crippen LogP contribution in [0, 0.1) is 0 Å². The van der Waals surface area contributed by atoms with Crippen molar-refractivity contribution < 1.29 is 0 Å². The number of hydrogen-bond acceptors (Lipinski definition) is 3. The molecule has 1 atom stereocenters. The molecule has 0 saturated carbocycles. The van der Waals surface area contributed by atoms with E-state index >= 15 is 0 Å². The minimum atomic E-state index is 0.0842. The van der Waals surface area contributed by atoms with Crippen molar-refractivity contribution in [2.45, 2.75) is 17.4 Å². The Kier molecular flexibility index (Phi) is 4.28. The van der Waals surface area contributed by atoms with Crippen molar-refractivity contribution in [1.29, 1.82) is 0 Å². The molecule has 0 aliphatic carbocycles. The van der Waals surface area contributed by atoms with Crippen LogP contribution >= 0.6 is 11.8 Å². The monoisotopic (exact) mass is 196 g/mol. The van der Waals surface area contributed by atoms with Gasteiger partial charge in [-0.15, -0.1) is 11.8 Å². The van der Waals surface area contributed by atoms with Crippen molar-refractivity contribution in [3.8, 4) is 0 Å². The molecule has 3 heteroatoms. The van der Waals surface area contributed by atoms with Gasteiger partial charge in [-0.2, -0.15) is 0 Å². The zero-order valence-corrected chi connectivity index (χ0v) is 8.68. The fraction of sp³-hybridized carbons (Fsp3) is 0.400. The summed E-state index contributed by atoms with van der Waals surface area (Å²) in [6, 6.07) is 8.42. The predicted octanol–water partition coefficient (Wildman–Crippen LogP) is 1.76. The Bertz CT molecular complexity index is 246. The van der Waals surface area contributed by atoms with E-state index in [4.69, 9.17) is 11.5 Å². The highest BCUT2D eigenvalue weighted by molar-refractivity contribution is 7.98. The van der Waals surface area contributed by atoms with E-state index in [-0.39, 0.29) is 6.04 Å². The minimum Gasteiger partial charge on any atom is -0.330 e. The molecule has 0 spiro atoms. The predicted molar refractivity (Wildman–Crippen MR) is 58.8 cm³/mol. The molecule has 72 valence electrons. The summed E-state index contributed by atoms with van der Waals surface area (Å²) < 4.78 is 0. The molecular formula is C10H16N2S. The summed E-state index contributed by atoms with van der Waals surface area (Å²) in [6.07, 6.45) is 2.91. The van der Waals surface area contributed by atoms with Crippen LogP contribution in [0.5, 0.6) is 0 Å². The Morgan fingerprint density at radius 2 is 1.92 bits per heavy atom. The van der Waals surface area contributed by atoms with Gasteiger partial charge in [0.15, 0.2) is 0 Å². The number of rotatable bonds is 4. The van der Waals surface area contributed by atoms with E-state index in [1.807, 2.05) is 0 Å². The maximum absolute atomic E-state index is 5.91. The molecule has 0 bridgehead atoms. The van der Waals surface area contributed by atoms with E-state index < -0.39 is 0 Å². The molecule has 13 heavy (non-hydrogen) atoms. The lowest BCUT2D eigenvalue weighted by molar-refractivity contribution is 0.661. The Morgan fingerprint density at radius 1 is 1.31 bits per heavy atom. The fourth-order valence-electron chi connectivity index (χ4n) is 1.20. The highest BCUT2D eigenvalue weighted by atomic mass is 32.2. The fourth-order valence-corrected chi connectivity index (χ4v) is 1.61. The van der Waals surface area contributed by atoms with Crippen LogP contribution in [0.2, 0.25) is 0 Å². The Balaban J connectivity index is 2.67. The van der Waals surface area contributed by atoms with Gasteiger partial charge < -0.3 is 11.5 Å². The van der Waals surface area contributed by atoms with Gasteiger partial charge in [0.2, 0.25) is 0 Å². The first-order valence-corrected chi connectivity index (χ1v) is 5.60. The summed E-state index contributed by atoms with van der Waals surface area (Å²) in [5, 5.41) is 0. The molecule has 0 aliphatic rings. The first kappa shape index (κ1) is 10.6. The van der Waals surface area contributed by atoms with Gasteiger partial charge in [0.05, 0.1) is 0 Å². The van der Waals surface area contributed by atoms with Crippen LogP contribution in [0.25, 0.3) is 0 Å². The van der Waals surface area contributed by atoms with Gasteiger partial charge in [-0.05, 0) is 36.9 Å². The van der Waals surface area contributed by atoms with Crippen molar-refractivity contribution in [2.24, 2.45) is 11.5 Å². The Hall–Kier alpha value is -0.510. The van der Waals surface area contributed by atoms with Crippen molar-refractivity contribution in [1.82, 2.24) is 0 Å². The Labute approximate surface area is 83.7 Å². The second-order valence-electron chi connectivity index (χ2n) is 2.96. The van der Waals surface area contributed by atoms with E-state index in [2.05, 4.69) is 30.5 Å². The first-order valence-electron chi connectivity index (χ1n) is 4.37. The summed E-state index contributed by atoms with van der Waals surface area (Å²) in [5.41, 5.74) is 12.5. The van der Waals surface area contributed by atoms with Gasteiger partial charge in [0.25, 0.3) is 0 Å². The number of nitrogens with two attached hydrogens (primary N) is 2. The lowest BCUT2D eigenvalue weighted by atomic mass is 10.1. The highest BCUT2D eigenvalue weighted by Crippen LogP contribution is 2.18. The van der Waals surface area contributed by atoms with Crippen molar-refractivity contribution in [2.75, 3.05) is 12.8 Å². The van der Waals surface area contributed by atoms with Crippen molar-refractivity contribution in [3.05, 3.63) is 29.8 Å². The SMILES string of the molecule is CSc1ccc([C@H](N)CCN)cc1. The normalized spacial score (nSPS) is 12.8. The number of thioether (sulfide) groups is 1. The zero-order valence-electron chi connectivity index (χ0n) is 7.86. The van der Waals surface area contributed by atoms with Crippen LogP contribution in [0.4, 0.5) is 0 Å². The number of hydrogen-bond donors (Lipinski definition) is 2. The molecule has 0 radical (unpaired) electrons. The molecule has 0 amide bonds. The Morgan fingerprint density at radius 3 is 2.38 bits per heavy atom. The molecule has 0 aliphatic heterocycles. The van der Waals surface area contributed by atoms with Gasteiger partial charge in [-0.1, -0.05) is 12.1 Å². The van der Waals surface area contributed by atoms with Gasteiger partial charge >= 0.3 is 0 Å². The summed E-state index contributed by atoms with van der Waals surface area (Å²) in [7, 11) is 0. The molecule has 0 aromatic heterocycles. The molecule has 1 rings (SSSR count). The molecule has 0 heterocycles. The average molecular weight is 196 g/mol. The first-order chi connectivity index (χ1) is 6.27. The van der Waals surface area contributed by atoms with Crippen molar-refractivity contribution in [3.63, 3.8) is 0 Å². The lowest BCUT2D eigenvalue weighted by Gasteiger charge is -2.10. The van der Waals surface area contributed by atoms with E-state index in [0.29, 0.717) is 6.54 Å². The van der Waals surface area contributed by atoms with Gasteiger partial charge in [-0.3, -0.25) is 0 Å². The average Bonchev–Trinajstić information content (AvgIpc) is 2.18. The quantitative estimate of drug-likeness (QED) is 0.721. The van der Waals surface area contributed by atoms with Crippen LogP contribution in [0.3, 0.4) is 0 Å². The summed E-state index contributed by atoms with van der Waals surface area (Å²) in [5.74, 6) is 0. The molecule has 0 saturated heterocycles. The molecular weight excluding hydrogens is 180 g/mol. The van der Waals surface area contributed by atoms with Gasteiger partial charge in [-0.25, -0.2) is 0 Å². The number of benzene rings is 1. The maximum Gasteiger partial charge on any atom is 0.0306 e. The highest BCUT2D eigenvalue weighted by Gasteiger charge is 2.03. The standard InChI is InChI=1S/C10H16N2S/c1-13-9-4-2-8(3-5-9)10(12)6-7-11/h2-5,10H,6-7,11-12H2,1H3/t10-/m1/s1. The molecule has 0 unspecified atom stereocenters. The van der Waals surface area contributed by atoms with Crippen LogP contribution in [-0.4, -0.2) is 12.8 Å². The second kappa shape index (κ2) is 5.27. The summed E-state index contributed by atoms with van der Waals surface area (Å²) >= 11 is 1.74. The lowest BCUT2D eigenvalue weighted by Crippen LogP contribution is -2.15. The van der Waals surface area contributed by atoms with Crippen LogP contribution in [0.1, 0.15) is 18.0 Å². The van der Waals surface area contributed by atoms with Crippen molar-refractivity contribution >= 4 is 11.8 Å².